The second-order valence-electron chi connectivity index (χ2n) is 8.78. The normalized spacial score (nSPS) is 16.1. The molecule has 30 heavy (non-hydrogen) atoms. The van der Waals surface area contributed by atoms with E-state index in [2.05, 4.69) is 55.4 Å². The van der Waals surface area contributed by atoms with Crippen LogP contribution >= 0.6 is 0 Å². The first-order valence-electron chi connectivity index (χ1n) is 11.1. The van der Waals surface area contributed by atoms with E-state index in [1.165, 1.54) is 5.56 Å². The number of nitrogens with one attached hydrogen (secondary N) is 3. The van der Waals surface area contributed by atoms with Crippen molar-refractivity contribution >= 4 is 28.5 Å². The number of amidine groups is 1. The molecule has 6 nitrogen and oxygen atoms in total. The van der Waals surface area contributed by atoms with Crippen LogP contribution in [0.3, 0.4) is 0 Å². The van der Waals surface area contributed by atoms with Crippen LogP contribution in [0, 0.1) is 11.3 Å². The van der Waals surface area contributed by atoms with Crippen LogP contribution in [-0.2, 0) is 6.42 Å². The maximum atomic E-state index is 12.9. The summed E-state index contributed by atoms with van der Waals surface area (Å²) in [7, 11) is 0. The molecule has 1 amide bonds. The first kappa shape index (κ1) is 22.2. The molecule has 1 aliphatic rings. The average molecular weight is 410 g/mol. The topological polar surface area (TPSA) is 81.1 Å². The number of benzene rings is 1. The van der Waals surface area contributed by atoms with E-state index in [1.54, 1.807) is 6.92 Å². The third-order valence-corrected chi connectivity index (χ3v) is 6.11. The van der Waals surface area contributed by atoms with E-state index in [9.17, 15) is 4.79 Å². The maximum Gasteiger partial charge on any atom is 0.260 e. The summed E-state index contributed by atoms with van der Waals surface area (Å²) < 4.78 is 0. The van der Waals surface area contributed by atoms with Gasteiger partial charge in [-0.25, -0.2) is 4.98 Å². The number of carbonyl (C=O) groups is 1. The Balaban J connectivity index is 1.88. The van der Waals surface area contributed by atoms with Gasteiger partial charge in [0.15, 0.2) is 0 Å². The number of pyridine rings is 1. The van der Waals surface area contributed by atoms with E-state index in [-0.39, 0.29) is 11.7 Å². The SMILES string of the molecule is CCc1ccc2nc(N3CCC(N[C@H](C)C(C)C)CC3)c(C(=O)NC(C)=N)cc2c1. The van der Waals surface area contributed by atoms with Gasteiger partial charge in [0, 0.05) is 30.6 Å². The van der Waals surface area contributed by atoms with Crippen molar-refractivity contribution in [2.75, 3.05) is 18.0 Å². The number of hydrogen-bond donors (Lipinski definition) is 3. The lowest BCUT2D eigenvalue weighted by atomic mass is 9.99. The number of carbonyl (C=O) groups excluding carboxylic acids is 1. The minimum Gasteiger partial charge on any atom is -0.356 e. The molecule has 1 atom stereocenters. The van der Waals surface area contributed by atoms with Crippen LogP contribution in [0.4, 0.5) is 5.82 Å². The molecule has 0 spiro atoms. The van der Waals surface area contributed by atoms with Gasteiger partial charge >= 0.3 is 0 Å². The van der Waals surface area contributed by atoms with Crippen molar-refractivity contribution in [2.45, 2.75) is 66.0 Å². The Bertz CT molecular complexity index is 915. The number of piperidine rings is 1. The average Bonchev–Trinajstić information content (AvgIpc) is 2.72. The van der Waals surface area contributed by atoms with Crippen LogP contribution in [0.25, 0.3) is 10.9 Å². The molecule has 1 fully saturated rings. The molecule has 3 rings (SSSR count). The summed E-state index contributed by atoms with van der Waals surface area (Å²) in [6, 6.07) is 9.16. The number of fused-ring (bicyclic) bond motifs is 1. The molecular weight excluding hydrogens is 374 g/mol. The standard InChI is InChI=1S/C24H35N5O/c1-6-18-7-8-22-19(13-18)14-21(24(30)27-17(5)25)23(28-22)29-11-9-20(10-12-29)26-16(4)15(2)3/h7-8,13-16,20,26H,6,9-12H2,1-5H3,(H2,25,27,30)/t16-/m1/s1. The van der Waals surface area contributed by atoms with Gasteiger partial charge in [0.25, 0.3) is 5.91 Å². The van der Waals surface area contributed by atoms with Crippen LogP contribution in [-0.4, -0.2) is 41.9 Å². The molecule has 2 aromatic rings. The van der Waals surface area contributed by atoms with Crippen molar-refractivity contribution < 1.29 is 4.79 Å². The number of rotatable bonds is 6. The highest BCUT2D eigenvalue weighted by molar-refractivity contribution is 6.09. The molecule has 0 aliphatic carbocycles. The first-order chi connectivity index (χ1) is 14.3. The molecule has 1 aromatic carbocycles. The van der Waals surface area contributed by atoms with Gasteiger partial charge in [-0.2, -0.15) is 0 Å². The van der Waals surface area contributed by atoms with Gasteiger partial charge in [-0.05, 0) is 62.8 Å². The molecule has 1 aliphatic heterocycles. The van der Waals surface area contributed by atoms with Gasteiger partial charge in [-0.1, -0.05) is 26.8 Å². The third kappa shape index (κ3) is 5.17. The predicted molar refractivity (Wildman–Crippen MR) is 125 cm³/mol. The van der Waals surface area contributed by atoms with Gasteiger partial charge in [-0.15, -0.1) is 0 Å². The van der Waals surface area contributed by atoms with E-state index in [4.69, 9.17) is 10.4 Å². The zero-order valence-corrected chi connectivity index (χ0v) is 18.9. The Morgan fingerprint density at radius 2 is 1.93 bits per heavy atom. The molecule has 2 heterocycles. The van der Waals surface area contributed by atoms with Crippen LogP contribution in [0.2, 0.25) is 0 Å². The Labute approximate surface area is 180 Å². The molecule has 0 bridgehead atoms. The summed E-state index contributed by atoms with van der Waals surface area (Å²) in [6.45, 7) is 12.1. The fraction of sp³-hybridized carbons (Fsp3) is 0.542. The lowest BCUT2D eigenvalue weighted by Gasteiger charge is -2.36. The summed E-state index contributed by atoms with van der Waals surface area (Å²) >= 11 is 0. The fourth-order valence-electron chi connectivity index (χ4n) is 3.90. The van der Waals surface area contributed by atoms with Gasteiger partial charge < -0.3 is 15.5 Å². The van der Waals surface area contributed by atoms with E-state index in [1.807, 2.05) is 12.1 Å². The van der Waals surface area contributed by atoms with Crippen LogP contribution in [0.15, 0.2) is 24.3 Å². The number of aromatic nitrogens is 1. The van der Waals surface area contributed by atoms with Gasteiger partial charge in [-0.3, -0.25) is 10.2 Å². The number of nitrogens with zero attached hydrogens (tertiary/aromatic N) is 2. The Kier molecular flexibility index (Phi) is 7.08. The van der Waals surface area contributed by atoms with Crippen molar-refractivity contribution in [3.63, 3.8) is 0 Å². The van der Waals surface area contributed by atoms with Crippen LogP contribution in [0.1, 0.15) is 63.4 Å². The molecule has 162 valence electrons. The van der Waals surface area contributed by atoms with Gasteiger partial charge in [0.2, 0.25) is 0 Å². The summed E-state index contributed by atoms with van der Waals surface area (Å²) in [4.78, 5) is 20.0. The number of hydrogen-bond acceptors (Lipinski definition) is 5. The Hall–Kier alpha value is -2.47. The summed E-state index contributed by atoms with van der Waals surface area (Å²) in [5, 5.41) is 15.0. The highest BCUT2D eigenvalue weighted by atomic mass is 16.1. The Morgan fingerprint density at radius 3 is 2.53 bits per heavy atom. The van der Waals surface area contributed by atoms with Crippen molar-refractivity contribution in [3.8, 4) is 0 Å². The molecule has 6 heteroatoms. The zero-order valence-electron chi connectivity index (χ0n) is 18.9. The van der Waals surface area contributed by atoms with Crippen LogP contribution < -0.4 is 15.5 Å². The minimum absolute atomic E-state index is 0.138. The predicted octanol–water partition coefficient (Wildman–Crippen LogP) is 4.13. The monoisotopic (exact) mass is 409 g/mol. The summed E-state index contributed by atoms with van der Waals surface area (Å²) in [5.41, 5.74) is 2.67. The van der Waals surface area contributed by atoms with E-state index < -0.39 is 0 Å². The lowest BCUT2D eigenvalue weighted by molar-refractivity contribution is 0.0977. The van der Waals surface area contributed by atoms with Gasteiger partial charge in [0.05, 0.1) is 16.9 Å². The van der Waals surface area contributed by atoms with Crippen LogP contribution in [0.5, 0.6) is 0 Å². The molecule has 1 aromatic heterocycles. The molecule has 0 unspecified atom stereocenters. The second-order valence-corrected chi connectivity index (χ2v) is 8.78. The number of amides is 1. The fourth-order valence-corrected chi connectivity index (χ4v) is 3.90. The second kappa shape index (κ2) is 9.56. The largest absolute Gasteiger partial charge is 0.356 e. The Morgan fingerprint density at radius 1 is 1.23 bits per heavy atom. The zero-order chi connectivity index (χ0) is 21.8. The minimum atomic E-state index is -0.262. The first-order valence-corrected chi connectivity index (χ1v) is 11.1. The number of aryl methyl sites for hydroxylation is 1. The van der Waals surface area contributed by atoms with Crippen molar-refractivity contribution in [1.29, 1.82) is 5.41 Å². The van der Waals surface area contributed by atoms with Crippen molar-refractivity contribution in [3.05, 3.63) is 35.4 Å². The lowest BCUT2D eigenvalue weighted by Crippen LogP contribution is -2.47. The van der Waals surface area contributed by atoms with Crippen molar-refractivity contribution in [1.82, 2.24) is 15.6 Å². The third-order valence-electron chi connectivity index (χ3n) is 6.11. The highest BCUT2D eigenvalue weighted by Gasteiger charge is 2.26. The molecule has 0 radical (unpaired) electrons. The summed E-state index contributed by atoms with van der Waals surface area (Å²) in [5.74, 6) is 1.21. The van der Waals surface area contributed by atoms with Gasteiger partial charge in [0.1, 0.15) is 5.82 Å². The highest BCUT2D eigenvalue weighted by Crippen LogP contribution is 2.27. The molecule has 3 N–H and O–H groups in total. The summed E-state index contributed by atoms with van der Waals surface area (Å²) in [6.07, 6.45) is 2.99. The quantitative estimate of drug-likeness (QED) is 0.495. The smallest absolute Gasteiger partial charge is 0.260 e. The van der Waals surface area contributed by atoms with E-state index in [0.29, 0.717) is 23.6 Å². The molecule has 0 saturated carbocycles. The van der Waals surface area contributed by atoms with E-state index >= 15 is 0 Å². The maximum absolute atomic E-state index is 12.9. The van der Waals surface area contributed by atoms with Crippen molar-refractivity contribution in [2.24, 2.45) is 5.92 Å². The van der Waals surface area contributed by atoms with E-state index in [0.717, 1.165) is 49.1 Å². The number of anilines is 1. The molecular formula is C24H35N5O. The molecule has 1 saturated heterocycles.